The first kappa shape index (κ1) is 14.9. The fourth-order valence-electron chi connectivity index (χ4n) is 2.82. The quantitative estimate of drug-likeness (QED) is 0.770. The molecule has 5 heteroatoms. The van der Waals surface area contributed by atoms with E-state index in [9.17, 15) is 0 Å². The minimum atomic E-state index is -0.289. The zero-order valence-corrected chi connectivity index (χ0v) is 13.6. The molecule has 0 radical (unpaired) electrons. The van der Waals surface area contributed by atoms with E-state index >= 15 is 0 Å². The van der Waals surface area contributed by atoms with E-state index in [4.69, 9.17) is 26.2 Å². The molecule has 1 saturated heterocycles. The fourth-order valence-corrected chi connectivity index (χ4v) is 2.98. The van der Waals surface area contributed by atoms with Gasteiger partial charge in [-0.2, -0.15) is 5.26 Å². The maximum Gasteiger partial charge on any atom is 0.461 e. The second-order valence-electron chi connectivity index (χ2n) is 6.98. The van der Waals surface area contributed by atoms with Crippen molar-refractivity contribution in [3.63, 3.8) is 0 Å². The molecule has 2 aliphatic rings. The molecule has 0 bridgehead atoms. The highest BCUT2D eigenvalue weighted by Gasteiger charge is 2.59. The molecule has 1 saturated carbocycles. The van der Waals surface area contributed by atoms with Gasteiger partial charge in [0.05, 0.1) is 21.8 Å². The lowest BCUT2D eigenvalue weighted by atomic mass is 9.79. The van der Waals surface area contributed by atoms with Crippen molar-refractivity contribution in [2.75, 3.05) is 0 Å². The Morgan fingerprint density at radius 1 is 1.24 bits per heavy atom. The van der Waals surface area contributed by atoms with E-state index < -0.39 is 0 Å². The Hall–Kier alpha value is -1.02. The summed E-state index contributed by atoms with van der Waals surface area (Å²) in [6.07, 6.45) is 1.03. The Bertz CT molecular complexity index is 607. The summed E-state index contributed by atoms with van der Waals surface area (Å²) in [6.45, 7) is 8.28. The molecule has 1 unspecified atom stereocenters. The first-order chi connectivity index (χ1) is 9.75. The van der Waals surface area contributed by atoms with Gasteiger partial charge in [0.25, 0.3) is 0 Å². The summed E-state index contributed by atoms with van der Waals surface area (Å²) in [4.78, 5) is 0. The lowest BCUT2D eigenvalue weighted by molar-refractivity contribution is 0.00578. The average molecular weight is 304 g/mol. The predicted octanol–water partition coefficient (Wildman–Crippen LogP) is 4.16. The van der Waals surface area contributed by atoms with Gasteiger partial charge in [0, 0.05) is 5.82 Å². The molecule has 2 atom stereocenters. The topological polar surface area (TPSA) is 42.2 Å². The van der Waals surface area contributed by atoms with Crippen LogP contribution in [0.1, 0.15) is 51.2 Å². The SMILES string of the molecule is CC1(C)OB(C2C[C@@H]2c2ccc(Cl)c(C#N)c2)OC1(C)C. The van der Waals surface area contributed by atoms with Crippen molar-refractivity contribution in [1.82, 2.24) is 0 Å². The number of hydrogen-bond donors (Lipinski definition) is 0. The maximum absolute atomic E-state index is 9.08. The first-order valence-corrected chi connectivity index (χ1v) is 7.68. The Kier molecular flexibility index (Phi) is 3.37. The first-order valence-electron chi connectivity index (χ1n) is 7.30. The second kappa shape index (κ2) is 4.74. The lowest BCUT2D eigenvalue weighted by Crippen LogP contribution is -2.41. The van der Waals surface area contributed by atoms with Crippen molar-refractivity contribution >= 4 is 18.7 Å². The monoisotopic (exact) mass is 303 g/mol. The van der Waals surface area contributed by atoms with Crippen LogP contribution in [-0.4, -0.2) is 18.3 Å². The second-order valence-corrected chi connectivity index (χ2v) is 7.39. The minimum Gasteiger partial charge on any atom is -0.403 e. The van der Waals surface area contributed by atoms with Crippen LogP contribution in [-0.2, 0) is 9.31 Å². The molecule has 1 aliphatic heterocycles. The highest BCUT2D eigenvalue weighted by Crippen LogP contribution is 2.58. The molecular formula is C16H19BClNO2. The Balaban J connectivity index is 1.75. The van der Waals surface area contributed by atoms with Crippen LogP contribution in [0.2, 0.25) is 10.8 Å². The number of nitriles is 1. The van der Waals surface area contributed by atoms with E-state index in [0.717, 1.165) is 12.0 Å². The largest absolute Gasteiger partial charge is 0.461 e. The lowest BCUT2D eigenvalue weighted by Gasteiger charge is -2.32. The molecule has 3 rings (SSSR count). The Morgan fingerprint density at radius 2 is 1.86 bits per heavy atom. The van der Waals surface area contributed by atoms with E-state index in [0.29, 0.717) is 22.3 Å². The van der Waals surface area contributed by atoms with Crippen molar-refractivity contribution in [2.24, 2.45) is 0 Å². The summed E-state index contributed by atoms with van der Waals surface area (Å²) >= 11 is 5.99. The molecule has 110 valence electrons. The van der Waals surface area contributed by atoms with Gasteiger partial charge in [0.1, 0.15) is 6.07 Å². The smallest absolute Gasteiger partial charge is 0.403 e. The normalized spacial score (nSPS) is 29.2. The Labute approximate surface area is 131 Å². The summed E-state index contributed by atoms with van der Waals surface area (Å²) in [5.74, 6) is 0.753. The molecule has 0 N–H and O–H groups in total. The van der Waals surface area contributed by atoms with Crippen molar-refractivity contribution in [3.05, 3.63) is 34.3 Å². The van der Waals surface area contributed by atoms with Gasteiger partial charge >= 0.3 is 7.12 Å². The zero-order chi connectivity index (χ0) is 15.4. The van der Waals surface area contributed by atoms with Gasteiger partial charge in [-0.25, -0.2) is 0 Å². The third-order valence-electron chi connectivity index (χ3n) is 5.00. The van der Waals surface area contributed by atoms with Crippen LogP contribution >= 0.6 is 11.6 Å². The summed E-state index contributed by atoms with van der Waals surface area (Å²) in [5.41, 5.74) is 1.11. The van der Waals surface area contributed by atoms with Crippen LogP contribution in [0, 0.1) is 11.3 Å². The van der Waals surface area contributed by atoms with Crippen LogP contribution in [0.15, 0.2) is 18.2 Å². The molecule has 0 aromatic heterocycles. The van der Waals surface area contributed by atoms with Crippen LogP contribution in [0.5, 0.6) is 0 Å². The van der Waals surface area contributed by atoms with Crippen molar-refractivity contribution < 1.29 is 9.31 Å². The van der Waals surface area contributed by atoms with Gasteiger partial charge in [-0.1, -0.05) is 17.7 Å². The van der Waals surface area contributed by atoms with Crippen LogP contribution in [0.3, 0.4) is 0 Å². The van der Waals surface area contributed by atoms with Gasteiger partial charge < -0.3 is 9.31 Å². The van der Waals surface area contributed by atoms with E-state index in [-0.39, 0.29) is 18.3 Å². The minimum absolute atomic E-state index is 0.166. The highest BCUT2D eigenvalue weighted by molar-refractivity contribution is 6.49. The van der Waals surface area contributed by atoms with Gasteiger partial charge in [0.15, 0.2) is 0 Å². The molecule has 1 aliphatic carbocycles. The maximum atomic E-state index is 9.08. The van der Waals surface area contributed by atoms with E-state index in [1.54, 1.807) is 6.07 Å². The van der Waals surface area contributed by atoms with Gasteiger partial charge in [-0.15, -0.1) is 0 Å². The fraction of sp³-hybridized carbons (Fsp3) is 0.562. The zero-order valence-electron chi connectivity index (χ0n) is 12.8. The van der Waals surface area contributed by atoms with E-state index in [1.807, 2.05) is 12.1 Å². The molecule has 1 aromatic carbocycles. The molecular weight excluding hydrogens is 284 g/mol. The number of benzene rings is 1. The molecule has 21 heavy (non-hydrogen) atoms. The third kappa shape index (κ3) is 2.48. The molecule has 3 nitrogen and oxygen atoms in total. The molecule has 1 heterocycles. The summed E-state index contributed by atoms with van der Waals surface area (Å²) in [7, 11) is -0.166. The van der Waals surface area contributed by atoms with Crippen LogP contribution < -0.4 is 0 Å². The Morgan fingerprint density at radius 3 is 2.43 bits per heavy atom. The van der Waals surface area contributed by atoms with Gasteiger partial charge in [0.2, 0.25) is 0 Å². The molecule has 0 amide bonds. The van der Waals surface area contributed by atoms with Crippen LogP contribution in [0.4, 0.5) is 0 Å². The highest BCUT2D eigenvalue weighted by atomic mass is 35.5. The van der Waals surface area contributed by atoms with Crippen molar-refractivity contribution in [1.29, 1.82) is 5.26 Å². The number of nitrogens with zero attached hydrogens (tertiary/aromatic N) is 1. The van der Waals surface area contributed by atoms with Crippen molar-refractivity contribution in [3.8, 4) is 6.07 Å². The van der Waals surface area contributed by atoms with E-state index in [1.165, 1.54) is 0 Å². The van der Waals surface area contributed by atoms with E-state index in [2.05, 4.69) is 33.8 Å². The van der Waals surface area contributed by atoms with Gasteiger partial charge in [-0.3, -0.25) is 0 Å². The van der Waals surface area contributed by atoms with Crippen LogP contribution in [0.25, 0.3) is 0 Å². The summed E-state index contributed by atoms with van der Waals surface area (Å²) in [6, 6.07) is 7.82. The predicted molar refractivity (Wildman–Crippen MR) is 83.4 cm³/mol. The average Bonchev–Trinajstić information content (AvgIpc) is 3.14. The van der Waals surface area contributed by atoms with Gasteiger partial charge in [-0.05, 0) is 57.7 Å². The summed E-state index contributed by atoms with van der Waals surface area (Å²) < 4.78 is 12.2. The van der Waals surface area contributed by atoms with Crippen molar-refractivity contribution in [2.45, 2.75) is 57.1 Å². The summed E-state index contributed by atoms with van der Waals surface area (Å²) in [5, 5.41) is 9.58. The number of hydrogen-bond acceptors (Lipinski definition) is 3. The molecule has 2 fully saturated rings. The molecule has 1 aromatic rings. The number of rotatable bonds is 2. The standard InChI is InChI=1S/C16H19BClNO2/c1-15(2)16(3,4)21-17(20-15)13-8-12(13)10-5-6-14(18)11(7-10)9-19/h5-7,12-13H,8H2,1-4H3/t12-,13?/m1/s1. The molecule has 0 spiro atoms. The third-order valence-corrected chi connectivity index (χ3v) is 5.33. The number of halogens is 1.